The summed E-state index contributed by atoms with van der Waals surface area (Å²) < 4.78 is 28.0. The van der Waals surface area contributed by atoms with Gasteiger partial charge in [-0.2, -0.15) is 0 Å². The highest BCUT2D eigenvalue weighted by Gasteiger charge is 2.30. The molecule has 1 fully saturated rings. The second-order valence-corrected chi connectivity index (χ2v) is 8.89. The summed E-state index contributed by atoms with van der Waals surface area (Å²) in [6.45, 7) is 3.64. The molecule has 26 heavy (non-hydrogen) atoms. The number of methoxy groups -OCH3 is 1. The Kier molecular flexibility index (Phi) is 6.47. The molecule has 0 aromatic heterocycles. The van der Waals surface area contributed by atoms with Crippen molar-refractivity contribution in [2.45, 2.75) is 32.4 Å². The number of anilines is 1. The first-order chi connectivity index (χ1) is 12.2. The van der Waals surface area contributed by atoms with E-state index in [1.165, 1.54) is 0 Å². The summed E-state index contributed by atoms with van der Waals surface area (Å²) in [6.07, 6.45) is 0.389. The lowest BCUT2D eigenvalue weighted by molar-refractivity contribution is -0.118. The van der Waals surface area contributed by atoms with Crippen LogP contribution in [0.1, 0.15) is 20.3 Å². The molecule has 144 valence electrons. The predicted octanol–water partition coefficient (Wildman–Crippen LogP) is 1.14. The van der Waals surface area contributed by atoms with Gasteiger partial charge in [0.1, 0.15) is 11.8 Å². The van der Waals surface area contributed by atoms with Crippen LogP contribution in [0.25, 0.3) is 0 Å². The lowest BCUT2D eigenvalue weighted by atomic mass is 10.0. The second kappa shape index (κ2) is 8.39. The maximum atomic E-state index is 12.5. The van der Waals surface area contributed by atoms with E-state index in [4.69, 9.17) is 4.74 Å². The van der Waals surface area contributed by atoms with Crippen LogP contribution in [0.15, 0.2) is 24.3 Å². The number of ether oxygens (including phenoxy) is 1. The molecule has 0 saturated carbocycles. The Morgan fingerprint density at radius 3 is 2.35 bits per heavy atom. The first-order valence-electron chi connectivity index (χ1n) is 8.42. The van der Waals surface area contributed by atoms with E-state index in [0.29, 0.717) is 17.9 Å². The van der Waals surface area contributed by atoms with Crippen LogP contribution < -0.4 is 20.7 Å². The van der Waals surface area contributed by atoms with Gasteiger partial charge in [-0.3, -0.25) is 4.79 Å². The van der Waals surface area contributed by atoms with Crippen molar-refractivity contribution in [3.63, 3.8) is 0 Å². The van der Waals surface area contributed by atoms with E-state index in [1.54, 1.807) is 31.4 Å². The third kappa shape index (κ3) is 5.62. The number of amides is 3. The normalized spacial score (nSPS) is 19.6. The topological polar surface area (TPSA) is 114 Å². The van der Waals surface area contributed by atoms with Gasteiger partial charge in [0.2, 0.25) is 5.91 Å². The molecule has 1 aliphatic heterocycles. The zero-order chi connectivity index (χ0) is 19.3. The number of rotatable bonds is 6. The molecule has 1 aliphatic rings. The van der Waals surface area contributed by atoms with Crippen molar-refractivity contribution in [2.24, 2.45) is 5.92 Å². The Bertz CT molecular complexity index is 746. The summed E-state index contributed by atoms with van der Waals surface area (Å²) in [7, 11) is -1.52. The molecular weight excluding hydrogens is 358 g/mol. The zero-order valence-corrected chi connectivity index (χ0v) is 15.9. The van der Waals surface area contributed by atoms with Crippen molar-refractivity contribution < 1.29 is 22.7 Å². The van der Waals surface area contributed by atoms with Gasteiger partial charge in [-0.15, -0.1) is 0 Å². The number of hydrogen-bond donors (Lipinski definition) is 3. The van der Waals surface area contributed by atoms with Crippen molar-refractivity contribution in [2.75, 3.05) is 23.9 Å². The molecule has 3 amide bonds. The van der Waals surface area contributed by atoms with Crippen molar-refractivity contribution >= 4 is 27.5 Å². The van der Waals surface area contributed by atoms with Gasteiger partial charge in [0.05, 0.1) is 18.6 Å². The Morgan fingerprint density at radius 2 is 1.85 bits per heavy atom. The van der Waals surface area contributed by atoms with Crippen LogP contribution in [-0.2, 0) is 14.6 Å². The van der Waals surface area contributed by atoms with Gasteiger partial charge in [-0.25, -0.2) is 13.2 Å². The van der Waals surface area contributed by atoms with E-state index in [1.807, 2.05) is 13.8 Å². The number of benzene rings is 1. The van der Waals surface area contributed by atoms with Gasteiger partial charge < -0.3 is 20.7 Å². The third-order valence-electron chi connectivity index (χ3n) is 4.16. The Balaban J connectivity index is 1.94. The molecule has 2 atom stereocenters. The van der Waals surface area contributed by atoms with Crippen molar-refractivity contribution in [3.8, 4) is 5.75 Å². The molecule has 0 radical (unpaired) electrons. The Morgan fingerprint density at radius 1 is 1.19 bits per heavy atom. The lowest BCUT2D eigenvalue weighted by Crippen LogP contribution is -2.52. The van der Waals surface area contributed by atoms with Gasteiger partial charge in [0, 0.05) is 11.7 Å². The summed E-state index contributed by atoms with van der Waals surface area (Å²) in [4.78, 5) is 24.7. The van der Waals surface area contributed by atoms with Crippen LogP contribution in [-0.4, -0.2) is 51.1 Å². The molecule has 1 heterocycles. The fourth-order valence-corrected chi connectivity index (χ4v) is 4.38. The third-order valence-corrected chi connectivity index (χ3v) is 5.93. The van der Waals surface area contributed by atoms with Crippen molar-refractivity contribution in [1.82, 2.24) is 10.6 Å². The van der Waals surface area contributed by atoms with Crippen LogP contribution >= 0.6 is 0 Å². The van der Waals surface area contributed by atoms with Crippen LogP contribution in [0.4, 0.5) is 10.5 Å². The summed E-state index contributed by atoms with van der Waals surface area (Å²) in [5, 5.41) is 8.01. The van der Waals surface area contributed by atoms with E-state index in [0.717, 1.165) is 0 Å². The van der Waals surface area contributed by atoms with Gasteiger partial charge in [-0.1, -0.05) is 13.8 Å². The molecule has 1 aromatic carbocycles. The maximum absolute atomic E-state index is 12.5. The maximum Gasteiger partial charge on any atom is 0.315 e. The van der Waals surface area contributed by atoms with Crippen molar-refractivity contribution in [3.05, 3.63) is 24.3 Å². The van der Waals surface area contributed by atoms with Gasteiger partial charge >= 0.3 is 6.03 Å². The highest BCUT2D eigenvalue weighted by Crippen LogP contribution is 2.16. The molecule has 9 heteroatoms. The number of carbonyl (C=O) groups excluding carboxylic acids is 2. The van der Waals surface area contributed by atoms with E-state index >= 15 is 0 Å². The monoisotopic (exact) mass is 383 g/mol. The fraction of sp³-hybridized carbons (Fsp3) is 0.529. The van der Waals surface area contributed by atoms with E-state index in [2.05, 4.69) is 16.0 Å². The minimum Gasteiger partial charge on any atom is -0.497 e. The smallest absolute Gasteiger partial charge is 0.315 e. The first-order valence-corrected chi connectivity index (χ1v) is 10.2. The van der Waals surface area contributed by atoms with Crippen LogP contribution in [0.5, 0.6) is 5.75 Å². The van der Waals surface area contributed by atoms with Crippen molar-refractivity contribution in [1.29, 1.82) is 0 Å². The lowest BCUT2D eigenvalue weighted by Gasteiger charge is -2.23. The molecule has 1 saturated heterocycles. The molecule has 0 bridgehead atoms. The summed E-state index contributed by atoms with van der Waals surface area (Å²) in [5.41, 5.74) is 0.588. The Hall–Kier alpha value is -2.29. The summed E-state index contributed by atoms with van der Waals surface area (Å²) >= 11 is 0. The fourth-order valence-electron chi connectivity index (χ4n) is 2.71. The summed E-state index contributed by atoms with van der Waals surface area (Å²) in [6, 6.07) is 5.14. The van der Waals surface area contributed by atoms with Gasteiger partial charge in [-0.05, 0) is 36.6 Å². The number of sulfone groups is 1. The molecule has 8 nitrogen and oxygen atoms in total. The molecular formula is C17H25N3O5S. The molecule has 2 rings (SSSR count). The highest BCUT2D eigenvalue weighted by molar-refractivity contribution is 7.91. The largest absolute Gasteiger partial charge is 0.497 e. The SMILES string of the molecule is COc1ccc(NC(=O)[C@@H](NC(=O)NC2CCS(=O)(=O)C2)C(C)C)cc1. The molecule has 1 aromatic rings. The van der Waals surface area contributed by atoms with E-state index < -0.39 is 28.0 Å². The Labute approximate surface area is 153 Å². The van der Waals surface area contributed by atoms with Crippen LogP contribution in [0.2, 0.25) is 0 Å². The number of urea groups is 1. The molecule has 0 aliphatic carbocycles. The average molecular weight is 383 g/mol. The second-order valence-electron chi connectivity index (χ2n) is 6.66. The highest BCUT2D eigenvalue weighted by atomic mass is 32.2. The number of hydrogen-bond acceptors (Lipinski definition) is 5. The van der Waals surface area contributed by atoms with Gasteiger partial charge in [0.25, 0.3) is 0 Å². The summed E-state index contributed by atoms with van der Waals surface area (Å²) in [5.74, 6) is 0.187. The van der Waals surface area contributed by atoms with Gasteiger partial charge in [0.15, 0.2) is 9.84 Å². The average Bonchev–Trinajstić information content (AvgIpc) is 2.91. The molecule has 1 unspecified atom stereocenters. The first kappa shape index (κ1) is 20.0. The quantitative estimate of drug-likeness (QED) is 0.682. The van der Waals surface area contributed by atoms with E-state index in [-0.39, 0.29) is 23.3 Å². The zero-order valence-electron chi connectivity index (χ0n) is 15.1. The number of carbonyl (C=O) groups is 2. The minimum absolute atomic E-state index is 0.0647. The predicted molar refractivity (Wildman–Crippen MR) is 99.0 cm³/mol. The number of nitrogens with one attached hydrogen (secondary N) is 3. The van der Waals surface area contributed by atoms with Crippen LogP contribution in [0.3, 0.4) is 0 Å². The van der Waals surface area contributed by atoms with Crippen LogP contribution in [0, 0.1) is 5.92 Å². The molecule has 3 N–H and O–H groups in total. The molecule has 0 spiro atoms. The standard InChI is InChI=1S/C17H25N3O5S/c1-11(2)15(16(21)18-12-4-6-14(25-3)7-5-12)20-17(22)19-13-8-9-26(23,24)10-13/h4-7,11,13,15H,8-10H2,1-3H3,(H,18,21)(H2,19,20,22)/t13?,15-/m0/s1. The van der Waals surface area contributed by atoms with E-state index in [9.17, 15) is 18.0 Å². The minimum atomic E-state index is -3.08.